The number of carbonyl (C=O) groups excluding carboxylic acids is 1. The summed E-state index contributed by atoms with van der Waals surface area (Å²) in [4.78, 5) is 12.5. The Kier molecular flexibility index (Phi) is 39.7. The minimum atomic E-state index is -1.11. The van der Waals surface area contributed by atoms with Gasteiger partial charge in [-0.25, -0.2) is 0 Å². The van der Waals surface area contributed by atoms with Crippen LogP contribution in [0.1, 0.15) is 213 Å². The summed E-state index contributed by atoms with van der Waals surface area (Å²) in [5, 5.41) is 33.1. The van der Waals surface area contributed by atoms with Gasteiger partial charge < -0.3 is 20.6 Å². The summed E-state index contributed by atoms with van der Waals surface area (Å²) in [5.41, 5.74) is 0. The summed E-state index contributed by atoms with van der Waals surface area (Å²) in [5.74, 6) is -0.523. The van der Waals surface area contributed by atoms with Gasteiger partial charge in [-0.3, -0.25) is 4.79 Å². The first-order valence-corrected chi connectivity index (χ1v) is 22.0. The van der Waals surface area contributed by atoms with Crippen molar-refractivity contribution in [1.82, 2.24) is 5.32 Å². The maximum absolute atomic E-state index is 12.5. The van der Waals surface area contributed by atoms with Gasteiger partial charge in [0.05, 0.1) is 18.8 Å². The predicted octanol–water partition coefficient (Wildman–Crippen LogP) is 12.5. The first-order valence-electron chi connectivity index (χ1n) is 22.0. The molecule has 0 aromatic carbocycles. The van der Waals surface area contributed by atoms with Crippen molar-refractivity contribution in [2.45, 2.75) is 231 Å². The minimum absolute atomic E-state index is 0.384. The number of rotatable bonds is 39. The molecule has 0 aliphatic carbocycles. The Morgan fingerprint density at radius 1 is 0.471 bits per heavy atom. The number of amides is 1. The normalized spacial score (nSPS) is 14.1. The Bertz CT molecular complexity index is 835. The Hall–Kier alpha value is -1.69. The van der Waals surface area contributed by atoms with Crippen LogP contribution >= 0.6 is 0 Å². The average Bonchev–Trinajstić information content (AvgIpc) is 3.13. The third kappa shape index (κ3) is 36.5. The zero-order chi connectivity index (χ0) is 37.3. The lowest BCUT2D eigenvalue weighted by Gasteiger charge is -2.21. The Labute approximate surface area is 316 Å². The summed E-state index contributed by atoms with van der Waals surface area (Å²) in [7, 11) is 0. The molecule has 0 spiro atoms. The Balaban J connectivity index is 3.74. The van der Waals surface area contributed by atoms with Gasteiger partial charge in [-0.2, -0.15) is 0 Å². The molecule has 0 aliphatic heterocycles. The van der Waals surface area contributed by atoms with Gasteiger partial charge in [0.1, 0.15) is 6.10 Å². The first kappa shape index (κ1) is 49.3. The highest BCUT2D eigenvalue weighted by Gasteiger charge is 2.22. The van der Waals surface area contributed by atoms with Crippen LogP contribution < -0.4 is 5.32 Å². The molecule has 0 saturated heterocycles. The van der Waals surface area contributed by atoms with Crippen molar-refractivity contribution in [3.8, 4) is 0 Å². The molecule has 4 N–H and O–H groups in total. The van der Waals surface area contributed by atoms with Gasteiger partial charge >= 0.3 is 0 Å². The molecule has 5 nitrogen and oxygen atoms in total. The summed E-state index contributed by atoms with van der Waals surface area (Å²) in [6.45, 7) is 4.15. The van der Waals surface area contributed by atoms with Gasteiger partial charge in [0, 0.05) is 0 Å². The van der Waals surface area contributed by atoms with Crippen LogP contribution in [0.3, 0.4) is 0 Å². The van der Waals surface area contributed by atoms with E-state index in [1.165, 1.54) is 148 Å². The number of aliphatic hydroxyl groups is 3. The van der Waals surface area contributed by atoms with Crippen LogP contribution in [0.25, 0.3) is 0 Å². The van der Waals surface area contributed by atoms with E-state index in [4.69, 9.17) is 0 Å². The van der Waals surface area contributed by atoms with Crippen molar-refractivity contribution < 1.29 is 20.1 Å². The van der Waals surface area contributed by atoms with E-state index in [0.717, 1.165) is 44.9 Å². The van der Waals surface area contributed by atoms with Crippen molar-refractivity contribution in [3.05, 3.63) is 48.6 Å². The molecular weight excluding hydrogens is 631 g/mol. The minimum Gasteiger partial charge on any atom is -0.394 e. The van der Waals surface area contributed by atoms with Crippen LogP contribution in [0.2, 0.25) is 0 Å². The number of hydrogen-bond donors (Lipinski definition) is 4. The lowest BCUT2D eigenvalue weighted by Crippen LogP contribution is -2.48. The molecule has 1 amide bonds. The number of allylic oxidation sites excluding steroid dienone is 7. The van der Waals surface area contributed by atoms with E-state index in [1.807, 2.05) is 6.08 Å². The SMILES string of the molecule is CCCCCCCC/C=C/CC/C=C/CC/C=C/C(O)C(CO)NC(=O)C(O)CCCCCCCC/C=C\CCCCCCCCCCCCC. The highest BCUT2D eigenvalue weighted by atomic mass is 16.3. The number of hydrogen-bond acceptors (Lipinski definition) is 4. The zero-order valence-electron chi connectivity index (χ0n) is 33.7. The zero-order valence-corrected chi connectivity index (χ0v) is 33.7. The molecule has 0 fully saturated rings. The van der Waals surface area contributed by atoms with E-state index < -0.39 is 24.2 Å². The second-order valence-electron chi connectivity index (χ2n) is 14.9. The summed E-state index contributed by atoms with van der Waals surface area (Å²) >= 11 is 0. The lowest BCUT2D eigenvalue weighted by atomic mass is 10.0. The van der Waals surface area contributed by atoms with E-state index in [-0.39, 0.29) is 6.61 Å². The van der Waals surface area contributed by atoms with E-state index in [2.05, 4.69) is 55.6 Å². The topological polar surface area (TPSA) is 89.8 Å². The number of carbonyl (C=O) groups is 1. The van der Waals surface area contributed by atoms with Crippen molar-refractivity contribution >= 4 is 5.91 Å². The molecule has 298 valence electrons. The fourth-order valence-corrected chi connectivity index (χ4v) is 6.39. The third-order valence-corrected chi connectivity index (χ3v) is 9.87. The van der Waals surface area contributed by atoms with Crippen molar-refractivity contribution in [3.63, 3.8) is 0 Å². The van der Waals surface area contributed by atoms with E-state index >= 15 is 0 Å². The highest BCUT2D eigenvalue weighted by Crippen LogP contribution is 2.14. The second-order valence-corrected chi connectivity index (χ2v) is 14.9. The second kappa shape index (κ2) is 41.1. The van der Waals surface area contributed by atoms with Crippen molar-refractivity contribution in [2.75, 3.05) is 6.61 Å². The molecule has 51 heavy (non-hydrogen) atoms. The van der Waals surface area contributed by atoms with E-state index in [0.29, 0.717) is 6.42 Å². The molecule has 3 atom stereocenters. The molecule has 0 saturated carbocycles. The standard InChI is InChI=1S/C46H85NO4/c1-3-5-7-9-11-13-15-17-19-21-22-23-24-25-27-29-31-33-35-37-39-41-45(50)46(51)47-43(42-48)44(49)40-38-36-34-32-30-28-26-20-18-16-14-12-10-8-6-4-2/h18,20,24-25,30,32,38,40,43-45,48-50H,3-17,19,21-23,26-29,31,33-37,39,41-42H2,1-2H3,(H,47,51)/b20-18+,25-24-,32-30+,40-38+. The van der Waals surface area contributed by atoms with Gasteiger partial charge in [0.25, 0.3) is 0 Å². The number of aliphatic hydroxyl groups excluding tert-OH is 3. The average molecular weight is 716 g/mol. The van der Waals surface area contributed by atoms with Gasteiger partial charge in [0.15, 0.2) is 0 Å². The highest BCUT2D eigenvalue weighted by molar-refractivity contribution is 5.80. The predicted molar refractivity (Wildman–Crippen MR) is 222 cm³/mol. The maximum Gasteiger partial charge on any atom is 0.249 e. The first-order chi connectivity index (χ1) is 25.1. The molecule has 0 heterocycles. The lowest BCUT2D eigenvalue weighted by molar-refractivity contribution is -0.131. The number of unbranched alkanes of at least 4 members (excludes halogenated alkanes) is 25. The van der Waals surface area contributed by atoms with Crippen molar-refractivity contribution in [2.24, 2.45) is 0 Å². The number of nitrogens with one attached hydrogen (secondary N) is 1. The molecule has 5 heteroatoms. The largest absolute Gasteiger partial charge is 0.394 e. The fraction of sp³-hybridized carbons (Fsp3) is 0.804. The molecule has 3 unspecified atom stereocenters. The van der Waals surface area contributed by atoms with Gasteiger partial charge in [0.2, 0.25) is 5.91 Å². The fourth-order valence-electron chi connectivity index (χ4n) is 6.39. The Morgan fingerprint density at radius 3 is 1.20 bits per heavy atom. The van der Waals surface area contributed by atoms with Gasteiger partial charge in [-0.05, 0) is 70.6 Å². The van der Waals surface area contributed by atoms with Gasteiger partial charge in [-0.15, -0.1) is 0 Å². The molecule has 0 radical (unpaired) electrons. The quantitative estimate of drug-likeness (QED) is 0.0377. The monoisotopic (exact) mass is 716 g/mol. The van der Waals surface area contributed by atoms with Crippen LogP contribution in [0.5, 0.6) is 0 Å². The van der Waals surface area contributed by atoms with E-state index in [1.54, 1.807) is 6.08 Å². The van der Waals surface area contributed by atoms with Crippen LogP contribution in [-0.4, -0.2) is 46.1 Å². The molecule has 0 rings (SSSR count). The van der Waals surface area contributed by atoms with Crippen LogP contribution in [0, 0.1) is 0 Å². The molecular formula is C46H85NO4. The molecule has 0 aromatic rings. The van der Waals surface area contributed by atoms with Crippen molar-refractivity contribution in [1.29, 1.82) is 0 Å². The molecule has 0 bridgehead atoms. The van der Waals surface area contributed by atoms with Crippen LogP contribution in [-0.2, 0) is 4.79 Å². The Morgan fingerprint density at radius 2 is 0.804 bits per heavy atom. The summed E-state index contributed by atoms with van der Waals surface area (Å²) < 4.78 is 0. The third-order valence-electron chi connectivity index (χ3n) is 9.87. The van der Waals surface area contributed by atoms with Crippen LogP contribution in [0.15, 0.2) is 48.6 Å². The maximum atomic E-state index is 12.5. The molecule has 0 aromatic heterocycles. The van der Waals surface area contributed by atoms with Crippen LogP contribution in [0.4, 0.5) is 0 Å². The molecule has 0 aliphatic rings. The smallest absolute Gasteiger partial charge is 0.249 e. The van der Waals surface area contributed by atoms with E-state index in [9.17, 15) is 20.1 Å². The summed E-state index contributed by atoms with van der Waals surface area (Å²) in [6.07, 6.45) is 52.8. The summed E-state index contributed by atoms with van der Waals surface area (Å²) in [6, 6.07) is -0.823. The van der Waals surface area contributed by atoms with Gasteiger partial charge in [-0.1, -0.05) is 191 Å².